The normalized spacial score (nSPS) is 11.5. The van der Waals surface area contributed by atoms with Crippen LogP contribution in [0.25, 0.3) is 0 Å². The van der Waals surface area contributed by atoms with Gasteiger partial charge in [0.1, 0.15) is 0 Å². The summed E-state index contributed by atoms with van der Waals surface area (Å²) in [6, 6.07) is 8.78. The van der Waals surface area contributed by atoms with Crippen LogP contribution >= 0.6 is 11.6 Å². The van der Waals surface area contributed by atoms with Crippen LogP contribution in [0.2, 0.25) is 5.02 Å². The Balaban J connectivity index is 2.01. The fourth-order valence-electron chi connectivity index (χ4n) is 1.88. The minimum atomic E-state index is -4.61. The molecule has 118 valence electrons. The van der Waals surface area contributed by atoms with Gasteiger partial charge in [-0.3, -0.25) is 9.48 Å². The van der Waals surface area contributed by atoms with Crippen LogP contribution in [0.4, 0.5) is 18.9 Å². The minimum Gasteiger partial charge on any atom is -0.326 e. The quantitative estimate of drug-likeness (QED) is 0.923. The average Bonchev–Trinajstić information content (AvgIpc) is 2.74. The number of aromatic nitrogens is 2. The Morgan fingerprint density at radius 3 is 2.50 bits per heavy atom. The Kier molecular flexibility index (Phi) is 4.75. The summed E-state index contributed by atoms with van der Waals surface area (Å²) in [5.41, 5.74) is -0.324. The number of halogens is 4. The first-order chi connectivity index (χ1) is 10.3. The number of amides is 1. The minimum absolute atomic E-state index is 0.00889. The lowest BCUT2D eigenvalue weighted by Crippen LogP contribution is -2.16. The molecule has 0 bridgehead atoms. The molecule has 0 aliphatic carbocycles. The molecule has 1 aromatic carbocycles. The number of carbonyl (C=O) groups is 1. The molecule has 1 N–H and O–H groups in total. The number of rotatable bonds is 4. The van der Waals surface area contributed by atoms with Crippen molar-refractivity contribution in [3.8, 4) is 0 Å². The van der Waals surface area contributed by atoms with E-state index in [-0.39, 0.29) is 24.6 Å². The van der Waals surface area contributed by atoms with E-state index in [4.69, 9.17) is 11.6 Å². The largest absolute Gasteiger partial charge is 0.436 e. The van der Waals surface area contributed by atoms with E-state index >= 15 is 0 Å². The molecule has 0 aliphatic heterocycles. The molecule has 0 unspecified atom stereocenters. The predicted molar refractivity (Wildman–Crippen MR) is 76.7 cm³/mol. The number of alkyl halides is 3. The third-order valence-corrected chi connectivity index (χ3v) is 3.46. The highest BCUT2D eigenvalue weighted by Crippen LogP contribution is 2.35. The predicted octanol–water partition coefficient (Wildman–Crippen LogP) is 3.89. The van der Waals surface area contributed by atoms with Crippen molar-refractivity contribution < 1.29 is 18.0 Å². The molecule has 1 aromatic heterocycles. The third kappa shape index (κ3) is 3.79. The first-order valence-corrected chi connectivity index (χ1v) is 6.82. The molecule has 4 nitrogen and oxygen atoms in total. The van der Waals surface area contributed by atoms with Gasteiger partial charge in [0, 0.05) is 12.1 Å². The third-order valence-electron chi connectivity index (χ3n) is 3.01. The second-order valence-corrected chi connectivity index (χ2v) is 5.01. The number of nitrogens with zero attached hydrogens (tertiary/aromatic N) is 2. The van der Waals surface area contributed by atoms with Crippen LogP contribution in [0, 0.1) is 6.92 Å². The smallest absolute Gasteiger partial charge is 0.326 e. The summed E-state index contributed by atoms with van der Waals surface area (Å²) in [6.45, 7) is 1.44. The van der Waals surface area contributed by atoms with E-state index in [2.05, 4.69) is 10.4 Å². The summed E-state index contributed by atoms with van der Waals surface area (Å²) in [5, 5.41) is 5.65. The van der Waals surface area contributed by atoms with Gasteiger partial charge in [0.25, 0.3) is 0 Å². The standard InChI is InChI=1S/C14H13ClF3N3O/c1-9-12(15)13(14(16,17)18)20-21(9)8-7-11(22)19-10-5-3-2-4-6-10/h2-6H,7-8H2,1H3,(H,19,22). The summed E-state index contributed by atoms with van der Waals surface area (Å²) in [5.74, 6) is -0.314. The average molecular weight is 332 g/mol. The lowest BCUT2D eigenvalue weighted by Gasteiger charge is -2.06. The van der Waals surface area contributed by atoms with Crippen molar-refractivity contribution in [1.82, 2.24) is 9.78 Å². The molecule has 0 spiro atoms. The van der Waals surface area contributed by atoms with E-state index in [1.54, 1.807) is 24.3 Å². The summed E-state index contributed by atoms with van der Waals surface area (Å²) in [7, 11) is 0. The first kappa shape index (κ1) is 16.4. The Bertz CT molecular complexity index is 668. The van der Waals surface area contributed by atoms with E-state index in [1.807, 2.05) is 6.07 Å². The number of aryl methyl sites for hydroxylation is 1. The van der Waals surface area contributed by atoms with Gasteiger partial charge >= 0.3 is 6.18 Å². The summed E-state index contributed by atoms with van der Waals surface area (Å²) >= 11 is 5.64. The maximum atomic E-state index is 12.7. The van der Waals surface area contributed by atoms with E-state index < -0.39 is 16.9 Å². The lowest BCUT2D eigenvalue weighted by atomic mass is 10.3. The van der Waals surface area contributed by atoms with Gasteiger partial charge in [-0.05, 0) is 19.1 Å². The zero-order chi connectivity index (χ0) is 16.3. The second kappa shape index (κ2) is 6.39. The Morgan fingerprint density at radius 2 is 1.95 bits per heavy atom. The molecule has 0 saturated carbocycles. The molecule has 0 aliphatic rings. The zero-order valence-electron chi connectivity index (χ0n) is 11.6. The Morgan fingerprint density at radius 1 is 1.32 bits per heavy atom. The highest BCUT2D eigenvalue weighted by Gasteiger charge is 2.38. The van der Waals surface area contributed by atoms with Crippen molar-refractivity contribution in [3.63, 3.8) is 0 Å². The molecule has 8 heteroatoms. The molecule has 1 heterocycles. The maximum Gasteiger partial charge on any atom is 0.436 e. The van der Waals surface area contributed by atoms with Crippen LogP contribution in [0.3, 0.4) is 0 Å². The number of carbonyl (C=O) groups excluding carboxylic acids is 1. The fourth-order valence-corrected chi connectivity index (χ4v) is 2.12. The molecule has 0 atom stereocenters. The van der Waals surface area contributed by atoms with Crippen LogP contribution in [0.1, 0.15) is 17.8 Å². The number of hydrogen-bond acceptors (Lipinski definition) is 2. The van der Waals surface area contributed by atoms with E-state index in [0.29, 0.717) is 5.69 Å². The van der Waals surface area contributed by atoms with Crippen LogP contribution in [-0.2, 0) is 17.5 Å². The maximum absolute atomic E-state index is 12.7. The van der Waals surface area contributed by atoms with Gasteiger partial charge in [0.05, 0.1) is 17.3 Å². The Hall–Kier alpha value is -2.02. The van der Waals surface area contributed by atoms with E-state index in [1.165, 1.54) is 6.92 Å². The lowest BCUT2D eigenvalue weighted by molar-refractivity contribution is -0.141. The van der Waals surface area contributed by atoms with Gasteiger partial charge in [-0.15, -0.1) is 0 Å². The second-order valence-electron chi connectivity index (χ2n) is 4.63. The fraction of sp³-hybridized carbons (Fsp3) is 0.286. The van der Waals surface area contributed by atoms with Crippen molar-refractivity contribution in [1.29, 1.82) is 0 Å². The molecule has 2 rings (SSSR count). The molecule has 2 aromatic rings. The molecule has 22 heavy (non-hydrogen) atoms. The molecule has 0 fully saturated rings. The monoisotopic (exact) mass is 331 g/mol. The van der Waals surface area contributed by atoms with Gasteiger partial charge in [-0.2, -0.15) is 18.3 Å². The van der Waals surface area contributed by atoms with Crippen molar-refractivity contribution >= 4 is 23.2 Å². The number of hydrogen-bond donors (Lipinski definition) is 1. The van der Waals surface area contributed by atoms with Gasteiger partial charge in [0.2, 0.25) is 5.91 Å². The topological polar surface area (TPSA) is 46.9 Å². The number of para-hydroxylation sites is 1. The summed E-state index contributed by atoms with van der Waals surface area (Å²) < 4.78 is 39.2. The van der Waals surface area contributed by atoms with Gasteiger partial charge in [0.15, 0.2) is 5.69 Å². The molecular weight excluding hydrogens is 319 g/mol. The van der Waals surface area contributed by atoms with Gasteiger partial charge in [-0.25, -0.2) is 0 Å². The van der Waals surface area contributed by atoms with Gasteiger partial charge < -0.3 is 5.32 Å². The Labute approximate surface area is 129 Å². The summed E-state index contributed by atoms with van der Waals surface area (Å²) in [6.07, 6.45) is -4.62. The SMILES string of the molecule is Cc1c(Cl)c(C(F)(F)F)nn1CCC(=O)Nc1ccccc1. The van der Waals surface area contributed by atoms with Crippen molar-refractivity contribution in [2.24, 2.45) is 0 Å². The molecule has 0 radical (unpaired) electrons. The number of benzene rings is 1. The van der Waals surface area contributed by atoms with Crippen LogP contribution in [0.5, 0.6) is 0 Å². The van der Waals surface area contributed by atoms with Crippen molar-refractivity contribution in [2.45, 2.75) is 26.1 Å². The molecular formula is C14H13ClF3N3O. The van der Waals surface area contributed by atoms with Crippen LogP contribution < -0.4 is 5.32 Å². The van der Waals surface area contributed by atoms with E-state index in [9.17, 15) is 18.0 Å². The summed E-state index contributed by atoms with van der Waals surface area (Å²) in [4.78, 5) is 11.8. The molecule has 1 amide bonds. The van der Waals surface area contributed by atoms with Gasteiger partial charge in [-0.1, -0.05) is 29.8 Å². The zero-order valence-corrected chi connectivity index (χ0v) is 12.4. The molecule has 0 saturated heterocycles. The van der Waals surface area contributed by atoms with E-state index in [0.717, 1.165) is 4.68 Å². The highest BCUT2D eigenvalue weighted by molar-refractivity contribution is 6.31. The van der Waals surface area contributed by atoms with Crippen molar-refractivity contribution in [2.75, 3.05) is 5.32 Å². The van der Waals surface area contributed by atoms with Crippen LogP contribution in [-0.4, -0.2) is 15.7 Å². The van der Waals surface area contributed by atoms with Crippen LogP contribution in [0.15, 0.2) is 30.3 Å². The number of anilines is 1. The number of nitrogens with one attached hydrogen (secondary N) is 1. The van der Waals surface area contributed by atoms with Crippen molar-refractivity contribution in [3.05, 3.63) is 46.7 Å². The highest BCUT2D eigenvalue weighted by atomic mass is 35.5. The first-order valence-electron chi connectivity index (χ1n) is 6.44.